The number of hydrogen-bond donors (Lipinski definition) is 1. The minimum absolute atomic E-state index is 0.259. The zero-order valence-corrected chi connectivity index (χ0v) is 9.53. The first-order valence-corrected chi connectivity index (χ1v) is 6.21. The van der Waals surface area contributed by atoms with Crippen molar-refractivity contribution in [2.45, 2.75) is 44.6 Å². The lowest BCUT2D eigenvalue weighted by atomic mass is 9.89. The molecule has 0 spiro atoms. The van der Waals surface area contributed by atoms with E-state index in [0.29, 0.717) is 5.92 Å². The molecule has 0 aliphatic heterocycles. The number of aliphatic hydroxyl groups is 1. The molecule has 1 aliphatic carbocycles. The molecule has 16 heavy (non-hydrogen) atoms. The Morgan fingerprint density at radius 2 is 1.81 bits per heavy atom. The second-order valence-corrected chi connectivity index (χ2v) is 4.75. The van der Waals surface area contributed by atoms with Gasteiger partial charge in [0, 0.05) is 0 Å². The van der Waals surface area contributed by atoms with Crippen LogP contribution in [-0.4, -0.2) is 5.11 Å². The monoisotopic (exact) mass is 222 g/mol. The van der Waals surface area contributed by atoms with E-state index in [1.807, 2.05) is 6.07 Å². The quantitative estimate of drug-likeness (QED) is 0.754. The van der Waals surface area contributed by atoms with Gasteiger partial charge in [-0.1, -0.05) is 37.8 Å². The molecule has 1 fully saturated rings. The van der Waals surface area contributed by atoms with Crippen molar-refractivity contribution < 1.29 is 9.50 Å². The highest BCUT2D eigenvalue weighted by Gasteiger charge is 2.22. The fraction of sp³-hybridized carbons (Fsp3) is 0.571. The van der Waals surface area contributed by atoms with Crippen molar-refractivity contribution >= 4 is 0 Å². The first-order chi connectivity index (χ1) is 7.77. The maximum absolute atomic E-state index is 13.1. The van der Waals surface area contributed by atoms with Gasteiger partial charge in [0.15, 0.2) is 0 Å². The van der Waals surface area contributed by atoms with E-state index in [2.05, 4.69) is 0 Å². The van der Waals surface area contributed by atoms with Crippen LogP contribution >= 0.6 is 0 Å². The van der Waals surface area contributed by atoms with Crippen LogP contribution in [-0.2, 0) is 0 Å². The van der Waals surface area contributed by atoms with Crippen LogP contribution in [0.15, 0.2) is 24.3 Å². The van der Waals surface area contributed by atoms with Crippen LogP contribution in [0.5, 0.6) is 0 Å². The summed E-state index contributed by atoms with van der Waals surface area (Å²) in [6.45, 7) is 0. The van der Waals surface area contributed by atoms with Gasteiger partial charge in [0.05, 0.1) is 6.10 Å². The van der Waals surface area contributed by atoms with Crippen LogP contribution in [0.2, 0.25) is 0 Å². The highest BCUT2D eigenvalue weighted by molar-refractivity contribution is 5.19. The largest absolute Gasteiger partial charge is 0.388 e. The van der Waals surface area contributed by atoms with Gasteiger partial charge in [0.25, 0.3) is 0 Å². The van der Waals surface area contributed by atoms with Crippen molar-refractivity contribution in [3.63, 3.8) is 0 Å². The van der Waals surface area contributed by atoms with Crippen LogP contribution in [0, 0.1) is 11.7 Å². The first kappa shape index (κ1) is 11.6. The van der Waals surface area contributed by atoms with Gasteiger partial charge in [-0.2, -0.15) is 0 Å². The Bertz CT molecular complexity index is 329. The predicted octanol–water partition coefficient (Wildman–Crippen LogP) is 3.83. The van der Waals surface area contributed by atoms with Crippen molar-refractivity contribution in [2.24, 2.45) is 5.92 Å². The molecule has 1 nitrogen and oxygen atoms in total. The van der Waals surface area contributed by atoms with Gasteiger partial charge in [-0.15, -0.1) is 0 Å². The van der Waals surface area contributed by atoms with Crippen LogP contribution in [0.1, 0.15) is 50.2 Å². The van der Waals surface area contributed by atoms with Gasteiger partial charge in [-0.25, -0.2) is 4.39 Å². The fourth-order valence-electron chi connectivity index (χ4n) is 2.59. The van der Waals surface area contributed by atoms with Gasteiger partial charge in [0.1, 0.15) is 5.82 Å². The summed E-state index contributed by atoms with van der Waals surface area (Å²) in [6.07, 6.45) is 6.57. The van der Waals surface area contributed by atoms with Crippen LogP contribution < -0.4 is 0 Å². The third kappa shape index (κ3) is 2.82. The smallest absolute Gasteiger partial charge is 0.123 e. The Morgan fingerprint density at radius 3 is 2.44 bits per heavy atom. The summed E-state index contributed by atoms with van der Waals surface area (Å²) >= 11 is 0. The molecule has 1 aromatic carbocycles. The molecule has 0 heterocycles. The van der Waals surface area contributed by atoms with E-state index in [1.165, 1.54) is 37.8 Å². The first-order valence-electron chi connectivity index (χ1n) is 6.21. The molecule has 2 heteroatoms. The molecular weight excluding hydrogens is 203 g/mol. The van der Waals surface area contributed by atoms with E-state index < -0.39 is 6.10 Å². The van der Waals surface area contributed by atoms with E-state index in [4.69, 9.17) is 0 Å². The molecule has 1 saturated carbocycles. The Labute approximate surface area is 96.3 Å². The summed E-state index contributed by atoms with van der Waals surface area (Å²) in [7, 11) is 0. The number of halogens is 1. The zero-order chi connectivity index (χ0) is 11.4. The lowest BCUT2D eigenvalue weighted by Gasteiger charge is -2.21. The van der Waals surface area contributed by atoms with E-state index in [9.17, 15) is 9.50 Å². The third-order valence-electron chi connectivity index (χ3n) is 3.54. The van der Waals surface area contributed by atoms with E-state index >= 15 is 0 Å². The SMILES string of the molecule is O[C@H](c1cccc(F)c1)C1CCCCCC1. The third-order valence-corrected chi connectivity index (χ3v) is 3.54. The zero-order valence-electron chi connectivity index (χ0n) is 9.53. The van der Waals surface area contributed by atoms with Gasteiger partial charge in [-0.05, 0) is 36.5 Å². The van der Waals surface area contributed by atoms with Gasteiger partial charge in [0.2, 0.25) is 0 Å². The summed E-state index contributed by atoms with van der Waals surface area (Å²) in [5.41, 5.74) is 0.729. The Kier molecular flexibility index (Phi) is 3.94. The highest BCUT2D eigenvalue weighted by atomic mass is 19.1. The molecular formula is C14H19FO. The molecule has 2 rings (SSSR count). The molecule has 1 aliphatic rings. The average molecular weight is 222 g/mol. The summed E-state index contributed by atoms with van der Waals surface area (Å²) in [6, 6.07) is 6.36. The normalized spacial score (nSPS) is 20.4. The predicted molar refractivity (Wildman–Crippen MR) is 62.6 cm³/mol. The molecule has 0 amide bonds. The molecule has 0 saturated heterocycles. The molecule has 0 aromatic heterocycles. The molecule has 0 unspecified atom stereocenters. The molecule has 1 atom stereocenters. The van der Waals surface area contributed by atoms with Crippen LogP contribution in [0.3, 0.4) is 0 Å². The van der Waals surface area contributed by atoms with E-state index in [-0.39, 0.29) is 5.82 Å². The lowest BCUT2D eigenvalue weighted by molar-refractivity contribution is 0.0985. The molecule has 88 valence electrons. The van der Waals surface area contributed by atoms with Crippen molar-refractivity contribution in [3.8, 4) is 0 Å². The van der Waals surface area contributed by atoms with Crippen molar-refractivity contribution in [1.82, 2.24) is 0 Å². The van der Waals surface area contributed by atoms with Crippen molar-refractivity contribution in [1.29, 1.82) is 0 Å². The lowest BCUT2D eigenvalue weighted by Crippen LogP contribution is -2.12. The second kappa shape index (κ2) is 5.44. The van der Waals surface area contributed by atoms with Crippen molar-refractivity contribution in [3.05, 3.63) is 35.6 Å². The van der Waals surface area contributed by atoms with Gasteiger partial charge in [-0.3, -0.25) is 0 Å². The van der Waals surface area contributed by atoms with Gasteiger partial charge < -0.3 is 5.11 Å². The maximum atomic E-state index is 13.1. The Morgan fingerprint density at radius 1 is 1.12 bits per heavy atom. The topological polar surface area (TPSA) is 20.2 Å². The summed E-state index contributed by atoms with van der Waals surface area (Å²) in [5, 5.41) is 10.2. The fourth-order valence-corrected chi connectivity index (χ4v) is 2.59. The molecule has 1 aromatic rings. The number of rotatable bonds is 2. The van der Waals surface area contributed by atoms with Gasteiger partial charge >= 0.3 is 0 Å². The summed E-state index contributed by atoms with van der Waals surface area (Å²) in [5.74, 6) is 0.0504. The maximum Gasteiger partial charge on any atom is 0.123 e. The summed E-state index contributed by atoms with van der Waals surface area (Å²) in [4.78, 5) is 0. The van der Waals surface area contributed by atoms with E-state index in [0.717, 1.165) is 18.4 Å². The summed E-state index contributed by atoms with van der Waals surface area (Å²) < 4.78 is 13.1. The average Bonchev–Trinajstić information content (AvgIpc) is 2.56. The van der Waals surface area contributed by atoms with Crippen LogP contribution in [0.4, 0.5) is 4.39 Å². The van der Waals surface area contributed by atoms with E-state index in [1.54, 1.807) is 6.07 Å². The van der Waals surface area contributed by atoms with Crippen molar-refractivity contribution in [2.75, 3.05) is 0 Å². The number of benzene rings is 1. The minimum Gasteiger partial charge on any atom is -0.388 e. The highest BCUT2D eigenvalue weighted by Crippen LogP contribution is 2.33. The standard InChI is InChI=1S/C14H19FO/c15-13-9-5-8-12(10-13)14(16)11-6-3-1-2-4-7-11/h5,8-11,14,16H,1-4,6-7H2/t14-/m0/s1. The molecule has 1 N–H and O–H groups in total. The number of aliphatic hydroxyl groups excluding tert-OH is 1. The molecule has 0 radical (unpaired) electrons. The molecule has 0 bridgehead atoms. The minimum atomic E-state index is -0.492. The Balaban J connectivity index is 2.07. The number of hydrogen-bond acceptors (Lipinski definition) is 1. The second-order valence-electron chi connectivity index (χ2n) is 4.75. The van der Waals surface area contributed by atoms with Crippen LogP contribution in [0.25, 0.3) is 0 Å². The Hall–Kier alpha value is -0.890.